The van der Waals surface area contributed by atoms with E-state index in [0.29, 0.717) is 31.8 Å². The third-order valence-electron chi connectivity index (χ3n) is 2.29. The van der Waals surface area contributed by atoms with Gasteiger partial charge < -0.3 is 15.4 Å². The van der Waals surface area contributed by atoms with Gasteiger partial charge in [-0.05, 0) is 13.0 Å². The maximum atomic E-state index is 12.1. The lowest BCUT2D eigenvalue weighted by Crippen LogP contribution is -2.35. The van der Waals surface area contributed by atoms with Crippen molar-refractivity contribution in [1.29, 1.82) is 0 Å². The highest BCUT2D eigenvalue weighted by Crippen LogP contribution is 2.02. The van der Waals surface area contributed by atoms with Gasteiger partial charge in [0.25, 0.3) is 5.91 Å². The first kappa shape index (κ1) is 13.5. The smallest absolute Gasteiger partial charge is 0.257 e. The molecule has 94 valence electrons. The molecule has 0 saturated carbocycles. The van der Waals surface area contributed by atoms with E-state index in [2.05, 4.69) is 9.97 Å². The van der Waals surface area contributed by atoms with Gasteiger partial charge in [0.15, 0.2) is 0 Å². The maximum absolute atomic E-state index is 12.1. The molecule has 1 rings (SSSR count). The summed E-state index contributed by atoms with van der Waals surface area (Å²) in [5.74, 6) is -0.0869. The van der Waals surface area contributed by atoms with Crippen LogP contribution >= 0.6 is 0 Å². The second-order valence-corrected chi connectivity index (χ2v) is 3.55. The van der Waals surface area contributed by atoms with Gasteiger partial charge in [0.05, 0.1) is 12.2 Å². The first-order chi connectivity index (χ1) is 8.29. The topological polar surface area (TPSA) is 81.3 Å². The predicted molar refractivity (Wildman–Crippen MR) is 63.5 cm³/mol. The van der Waals surface area contributed by atoms with Gasteiger partial charge in [-0.15, -0.1) is 0 Å². The second kappa shape index (κ2) is 7.70. The summed E-state index contributed by atoms with van der Waals surface area (Å²) in [4.78, 5) is 21.5. The molecule has 0 aromatic carbocycles. The number of nitrogens with two attached hydrogens (primary N) is 1. The fourth-order valence-corrected chi connectivity index (χ4v) is 1.39. The largest absolute Gasteiger partial charge is 0.383 e. The Labute approximate surface area is 101 Å². The van der Waals surface area contributed by atoms with Crippen molar-refractivity contribution >= 4 is 5.91 Å². The minimum Gasteiger partial charge on any atom is -0.383 e. The van der Waals surface area contributed by atoms with Gasteiger partial charge in [0, 0.05) is 32.6 Å². The standard InChI is InChI=1S/C11H18N4O2/c1-17-6-5-15(4-2-3-12)11(16)10-7-13-9-14-8-10/h7-9H,2-6,12H2,1H3. The van der Waals surface area contributed by atoms with E-state index in [4.69, 9.17) is 10.5 Å². The van der Waals surface area contributed by atoms with Crippen molar-refractivity contribution in [3.05, 3.63) is 24.3 Å². The Hall–Kier alpha value is -1.53. The number of amides is 1. The molecule has 1 heterocycles. The summed E-state index contributed by atoms with van der Waals surface area (Å²) >= 11 is 0. The summed E-state index contributed by atoms with van der Waals surface area (Å²) < 4.78 is 4.98. The molecule has 0 aliphatic rings. The van der Waals surface area contributed by atoms with Crippen molar-refractivity contribution in [3.63, 3.8) is 0 Å². The van der Waals surface area contributed by atoms with Crippen LogP contribution in [0.4, 0.5) is 0 Å². The minimum absolute atomic E-state index is 0.0869. The molecule has 0 bridgehead atoms. The van der Waals surface area contributed by atoms with Crippen LogP contribution in [0.1, 0.15) is 16.8 Å². The summed E-state index contributed by atoms with van der Waals surface area (Å²) in [7, 11) is 1.61. The Kier molecular flexibility index (Phi) is 6.13. The van der Waals surface area contributed by atoms with Crippen LogP contribution in [0.15, 0.2) is 18.7 Å². The summed E-state index contributed by atoms with van der Waals surface area (Å²) in [5, 5.41) is 0. The van der Waals surface area contributed by atoms with Crippen LogP contribution in [0.25, 0.3) is 0 Å². The van der Waals surface area contributed by atoms with Gasteiger partial charge in [-0.25, -0.2) is 9.97 Å². The Balaban J connectivity index is 2.64. The van der Waals surface area contributed by atoms with Gasteiger partial charge in [-0.2, -0.15) is 0 Å². The van der Waals surface area contributed by atoms with Crippen LogP contribution in [0.5, 0.6) is 0 Å². The van der Waals surface area contributed by atoms with Crippen LogP contribution in [0, 0.1) is 0 Å². The zero-order chi connectivity index (χ0) is 12.5. The van der Waals surface area contributed by atoms with Crippen LogP contribution in [-0.4, -0.2) is 54.1 Å². The molecule has 0 radical (unpaired) electrons. The number of ether oxygens (including phenoxy) is 1. The van der Waals surface area contributed by atoms with E-state index in [1.54, 1.807) is 12.0 Å². The fraction of sp³-hybridized carbons (Fsp3) is 0.545. The van der Waals surface area contributed by atoms with Crippen molar-refractivity contribution in [3.8, 4) is 0 Å². The van der Waals surface area contributed by atoms with Crippen LogP contribution in [-0.2, 0) is 4.74 Å². The minimum atomic E-state index is -0.0869. The molecule has 0 spiro atoms. The molecule has 1 aromatic heterocycles. The highest BCUT2D eigenvalue weighted by atomic mass is 16.5. The van der Waals surface area contributed by atoms with E-state index >= 15 is 0 Å². The van der Waals surface area contributed by atoms with Crippen molar-refractivity contribution in [1.82, 2.24) is 14.9 Å². The Morgan fingerprint density at radius 2 is 2.12 bits per heavy atom. The SMILES string of the molecule is COCCN(CCCN)C(=O)c1cncnc1. The van der Waals surface area contributed by atoms with E-state index in [-0.39, 0.29) is 5.91 Å². The van der Waals surface area contributed by atoms with E-state index < -0.39 is 0 Å². The fourth-order valence-electron chi connectivity index (χ4n) is 1.39. The lowest BCUT2D eigenvalue weighted by atomic mass is 10.2. The van der Waals surface area contributed by atoms with E-state index in [1.165, 1.54) is 18.7 Å². The molecule has 6 nitrogen and oxygen atoms in total. The number of carbonyl (C=O) groups is 1. The quantitative estimate of drug-likeness (QED) is 0.718. The molecule has 0 fully saturated rings. The van der Waals surface area contributed by atoms with Crippen LogP contribution in [0.2, 0.25) is 0 Å². The normalized spacial score (nSPS) is 10.2. The molecule has 17 heavy (non-hydrogen) atoms. The number of hydrogen-bond donors (Lipinski definition) is 1. The molecule has 0 saturated heterocycles. The van der Waals surface area contributed by atoms with Crippen LogP contribution < -0.4 is 5.73 Å². The van der Waals surface area contributed by atoms with E-state index in [1.807, 2.05) is 0 Å². The van der Waals surface area contributed by atoms with Crippen molar-refractivity contribution in [2.24, 2.45) is 5.73 Å². The summed E-state index contributed by atoms with van der Waals surface area (Å²) in [6.07, 6.45) is 5.19. The molecule has 6 heteroatoms. The zero-order valence-corrected chi connectivity index (χ0v) is 10.0. The molecule has 0 aliphatic carbocycles. The molecular formula is C11H18N4O2. The van der Waals surface area contributed by atoms with Crippen molar-refractivity contribution in [2.75, 3.05) is 33.4 Å². The number of methoxy groups -OCH3 is 1. The first-order valence-corrected chi connectivity index (χ1v) is 5.53. The second-order valence-electron chi connectivity index (χ2n) is 3.55. The Bertz CT molecular complexity index is 324. The van der Waals surface area contributed by atoms with Gasteiger partial charge >= 0.3 is 0 Å². The highest BCUT2D eigenvalue weighted by Gasteiger charge is 2.15. The van der Waals surface area contributed by atoms with Gasteiger partial charge in [0.1, 0.15) is 6.33 Å². The molecule has 1 aromatic rings. The van der Waals surface area contributed by atoms with Crippen LogP contribution in [0.3, 0.4) is 0 Å². The van der Waals surface area contributed by atoms with Gasteiger partial charge in [-0.3, -0.25) is 4.79 Å². The first-order valence-electron chi connectivity index (χ1n) is 5.53. The third kappa shape index (κ3) is 4.46. The highest BCUT2D eigenvalue weighted by molar-refractivity contribution is 5.93. The van der Waals surface area contributed by atoms with E-state index in [0.717, 1.165) is 6.42 Å². The number of nitrogens with zero attached hydrogens (tertiary/aromatic N) is 3. The molecule has 0 unspecified atom stereocenters. The lowest BCUT2D eigenvalue weighted by molar-refractivity contribution is 0.0693. The number of hydrogen-bond acceptors (Lipinski definition) is 5. The molecule has 2 N–H and O–H groups in total. The molecule has 0 atom stereocenters. The Morgan fingerprint density at radius 1 is 1.41 bits per heavy atom. The molecular weight excluding hydrogens is 220 g/mol. The Morgan fingerprint density at radius 3 is 2.71 bits per heavy atom. The average molecular weight is 238 g/mol. The summed E-state index contributed by atoms with van der Waals surface area (Å²) in [6, 6.07) is 0. The average Bonchev–Trinajstić information content (AvgIpc) is 2.39. The summed E-state index contributed by atoms with van der Waals surface area (Å²) in [6.45, 7) is 2.23. The van der Waals surface area contributed by atoms with Gasteiger partial charge in [-0.1, -0.05) is 0 Å². The number of aromatic nitrogens is 2. The maximum Gasteiger partial charge on any atom is 0.257 e. The van der Waals surface area contributed by atoms with Crippen molar-refractivity contribution < 1.29 is 9.53 Å². The predicted octanol–water partition coefficient (Wildman–Crippen LogP) is -0.0860. The van der Waals surface area contributed by atoms with Gasteiger partial charge in [0.2, 0.25) is 0 Å². The lowest BCUT2D eigenvalue weighted by Gasteiger charge is -2.21. The van der Waals surface area contributed by atoms with Crippen molar-refractivity contribution in [2.45, 2.75) is 6.42 Å². The number of carbonyl (C=O) groups excluding carboxylic acids is 1. The van der Waals surface area contributed by atoms with E-state index in [9.17, 15) is 4.79 Å². The summed E-state index contributed by atoms with van der Waals surface area (Å²) in [5.41, 5.74) is 5.94. The third-order valence-corrected chi connectivity index (χ3v) is 2.29. The monoisotopic (exact) mass is 238 g/mol. The number of rotatable bonds is 7. The molecule has 0 aliphatic heterocycles. The zero-order valence-electron chi connectivity index (χ0n) is 10.0. The molecule has 1 amide bonds.